The third-order valence-corrected chi connectivity index (χ3v) is 3.78. The van der Waals surface area contributed by atoms with Crippen LogP contribution in [0.1, 0.15) is 58.7 Å². The number of hydrogen-bond donors (Lipinski definition) is 1. The first-order chi connectivity index (χ1) is 7.73. The maximum Gasteiger partial charge on any atom is 0.0323 e. The Morgan fingerprint density at radius 2 is 1.41 bits per heavy atom. The summed E-state index contributed by atoms with van der Waals surface area (Å²) < 4.78 is 0. The molecule has 1 aromatic carbocycles. The minimum atomic E-state index is 0.143. The van der Waals surface area contributed by atoms with Crippen LogP contribution in [-0.2, 0) is 5.41 Å². The predicted molar refractivity (Wildman–Crippen MR) is 76.1 cm³/mol. The van der Waals surface area contributed by atoms with Crippen molar-refractivity contribution in [2.24, 2.45) is 17.6 Å². The molecule has 1 heteroatoms. The van der Waals surface area contributed by atoms with Crippen molar-refractivity contribution in [3.63, 3.8) is 0 Å². The normalized spacial score (nSPS) is 16.0. The summed E-state index contributed by atoms with van der Waals surface area (Å²) in [6, 6.07) is 8.93. The van der Waals surface area contributed by atoms with Gasteiger partial charge < -0.3 is 5.73 Å². The van der Waals surface area contributed by atoms with E-state index in [0.717, 1.165) is 0 Å². The predicted octanol–water partition coefficient (Wildman–Crippen LogP) is 4.28. The van der Waals surface area contributed by atoms with E-state index in [1.807, 2.05) is 0 Å². The first-order valence-electron chi connectivity index (χ1n) is 6.59. The first kappa shape index (κ1) is 14.2. The number of nitrogens with two attached hydrogens (primary N) is 1. The lowest BCUT2D eigenvalue weighted by molar-refractivity contribution is 0.352. The Bertz CT molecular complexity index is 343. The van der Waals surface area contributed by atoms with Gasteiger partial charge in [0, 0.05) is 6.04 Å². The Balaban J connectivity index is 2.88. The molecule has 0 aliphatic rings. The van der Waals surface area contributed by atoms with Crippen molar-refractivity contribution in [1.29, 1.82) is 0 Å². The monoisotopic (exact) mass is 233 g/mol. The van der Waals surface area contributed by atoms with E-state index in [0.29, 0.717) is 11.8 Å². The number of rotatable bonds is 3. The lowest BCUT2D eigenvalue weighted by atomic mass is 9.83. The topological polar surface area (TPSA) is 26.0 Å². The zero-order valence-corrected chi connectivity index (χ0v) is 12.1. The quantitative estimate of drug-likeness (QED) is 0.828. The lowest BCUT2D eigenvalue weighted by Gasteiger charge is -2.25. The van der Waals surface area contributed by atoms with Gasteiger partial charge in [-0.1, -0.05) is 65.8 Å². The van der Waals surface area contributed by atoms with Gasteiger partial charge in [-0.2, -0.15) is 0 Å². The lowest BCUT2D eigenvalue weighted by Crippen LogP contribution is -2.23. The van der Waals surface area contributed by atoms with Crippen LogP contribution < -0.4 is 5.73 Å². The molecular weight excluding hydrogens is 206 g/mol. The molecule has 0 aliphatic heterocycles. The van der Waals surface area contributed by atoms with Gasteiger partial charge in [-0.3, -0.25) is 0 Å². The van der Waals surface area contributed by atoms with Gasteiger partial charge in [0.25, 0.3) is 0 Å². The van der Waals surface area contributed by atoms with E-state index in [4.69, 9.17) is 5.73 Å². The molecule has 1 nitrogen and oxygen atoms in total. The summed E-state index contributed by atoms with van der Waals surface area (Å²) in [5.41, 5.74) is 9.13. The summed E-state index contributed by atoms with van der Waals surface area (Å²) in [6.45, 7) is 13.4. The zero-order chi connectivity index (χ0) is 13.2. The molecule has 0 saturated carbocycles. The highest BCUT2D eigenvalue weighted by molar-refractivity contribution is 5.29. The van der Waals surface area contributed by atoms with E-state index in [1.54, 1.807) is 0 Å². The van der Waals surface area contributed by atoms with Crippen LogP contribution in [0.5, 0.6) is 0 Å². The van der Waals surface area contributed by atoms with Gasteiger partial charge in [0.1, 0.15) is 0 Å². The maximum atomic E-state index is 6.30. The molecule has 0 aromatic heterocycles. The van der Waals surface area contributed by atoms with Crippen LogP contribution in [0.25, 0.3) is 0 Å². The number of benzene rings is 1. The molecule has 1 rings (SSSR count). The molecule has 2 N–H and O–H groups in total. The van der Waals surface area contributed by atoms with Gasteiger partial charge in [-0.15, -0.1) is 0 Å². The molecule has 2 unspecified atom stereocenters. The third-order valence-electron chi connectivity index (χ3n) is 3.78. The Kier molecular flexibility index (Phi) is 4.37. The Labute approximate surface area is 106 Å². The fraction of sp³-hybridized carbons (Fsp3) is 0.625. The Morgan fingerprint density at radius 1 is 0.941 bits per heavy atom. The van der Waals surface area contributed by atoms with Crippen LogP contribution in [0.4, 0.5) is 0 Å². The van der Waals surface area contributed by atoms with Gasteiger partial charge in [0.05, 0.1) is 0 Å². The standard InChI is InChI=1S/C16H27N/c1-11(2)12(3)15(17)13-7-9-14(10-8-13)16(4,5)6/h7-12,15H,17H2,1-6H3. The van der Waals surface area contributed by atoms with E-state index < -0.39 is 0 Å². The van der Waals surface area contributed by atoms with Crippen LogP contribution in [0.3, 0.4) is 0 Å². The Morgan fingerprint density at radius 3 is 1.76 bits per heavy atom. The van der Waals surface area contributed by atoms with Gasteiger partial charge in [-0.05, 0) is 28.4 Å². The molecule has 0 aliphatic carbocycles. The fourth-order valence-corrected chi connectivity index (χ4v) is 1.92. The Hall–Kier alpha value is -0.820. The minimum absolute atomic E-state index is 0.143. The van der Waals surface area contributed by atoms with Crippen molar-refractivity contribution >= 4 is 0 Å². The van der Waals surface area contributed by atoms with Crippen LogP contribution in [0.2, 0.25) is 0 Å². The molecule has 1 aromatic rings. The molecule has 96 valence electrons. The molecule has 0 heterocycles. The molecule has 2 atom stereocenters. The van der Waals surface area contributed by atoms with Crippen LogP contribution >= 0.6 is 0 Å². The average molecular weight is 233 g/mol. The van der Waals surface area contributed by atoms with Crippen molar-refractivity contribution in [2.45, 2.75) is 53.0 Å². The summed E-state index contributed by atoms with van der Waals surface area (Å²) in [4.78, 5) is 0. The highest BCUT2D eigenvalue weighted by Gasteiger charge is 2.19. The van der Waals surface area contributed by atoms with Crippen LogP contribution in [0.15, 0.2) is 24.3 Å². The first-order valence-corrected chi connectivity index (χ1v) is 6.59. The number of hydrogen-bond acceptors (Lipinski definition) is 1. The molecule has 0 saturated heterocycles. The fourth-order valence-electron chi connectivity index (χ4n) is 1.92. The van der Waals surface area contributed by atoms with Crippen molar-refractivity contribution in [3.8, 4) is 0 Å². The van der Waals surface area contributed by atoms with Crippen molar-refractivity contribution in [2.75, 3.05) is 0 Å². The third kappa shape index (κ3) is 3.57. The van der Waals surface area contributed by atoms with Gasteiger partial charge in [-0.25, -0.2) is 0 Å². The van der Waals surface area contributed by atoms with E-state index in [9.17, 15) is 0 Å². The van der Waals surface area contributed by atoms with E-state index in [2.05, 4.69) is 65.8 Å². The molecule has 17 heavy (non-hydrogen) atoms. The summed E-state index contributed by atoms with van der Waals surface area (Å²) in [5.74, 6) is 1.13. The SMILES string of the molecule is CC(C)C(C)C(N)c1ccc(C(C)(C)C)cc1. The van der Waals surface area contributed by atoms with Crippen molar-refractivity contribution < 1.29 is 0 Å². The summed E-state index contributed by atoms with van der Waals surface area (Å²) >= 11 is 0. The minimum Gasteiger partial charge on any atom is -0.324 e. The molecule has 0 radical (unpaired) electrons. The van der Waals surface area contributed by atoms with E-state index >= 15 is 0 Å². The highest BCUT2D eigenvalue weighted by Crippen LogP contribution is 2.28. The second-order valence-corrected chi connectivity index (χ2v) is 6.50. The molecule has 0 amide bonds. The van der Waals surface area contributed by atoms with Gasteiger partial charge in [0.15, 0.2) is 0 Å². The van der Waals surface area contributed by atoms with Crippen LogP contribution in [-0.4, -0.2) is 0 Å². The summed E-state index contributed by atoms with van der Waals surface area (Å²) in [7, 11) is 0. The molecule has 0 bridgehead atoms. The van der Waals surface area contributed by atoms with Crippen LogP contribution in [0, 0.1) is 11.8 Å². The van der Waals surface area contributed by atoms with Crippen molar-refractivity contribution in [1.82, 2.24) is 0 Å². The zero-order valence-electron chi connectivity index (χ0n) is 12.1. The maximum absolute atomic E-state index is 6.30. The second-order valence-electron chi connectivity index (χ2n) is 6.50. The smallest absolute Gasteiger partial charge is 0.0323 e. The van der Waals surface area contributed by atoms with Gasteiger partial charge >= 0.3 is 0 Å². The molecule has 0 fully saturated rings. The second kappa shape index (κ2) is 5.22. The molecular formula is C16H27N. The average Bonchev–Trinajstić information content (AvgIpc) is 2.26. The summed E-state index contributed by atoms with van der Waals surface area (Å²) in [5, 5.41) is 0. The highest BCUT2D eigenvalue weighted by atomic mass is 14.6. The summed E-state index contributed by atoms with van der Waals surface area (Å²) in [6.07, 6.45) is 0. The van der Waals surface area contributed by atoms with Crippen molar-refractivity contribution in [3.05, 3.63) is 35.4 Å². The van der Waals surface area contributed by atoms with E-state index in [-0.39, 0.29) is 11.5 Å². The molecule has 0 spiro atoms. The largest absolute Gasteiger partial charge is 0.324 e. The van der Waals surface area contributed by atoms with E-state index in [1.165, 1.54) is 11.1 Å². The van der Waals surface area contributed by atoms with Gasteiger partial charge in [0.2, 0.25) is 0 Å².